The third kappa shape index (κ3) is 4.36. The molecule has 2 aromatic rings. The van der Waals surface area contributed by atoms with E-state index < -0.39 is 12.2 Å². The maximum Gasteiger partial charge on any atom is 0.552 e. The quantitative estimate of drug-likeness (QED) is 0.611. The molecule has 2 rings (SSSR count). The van der Waals surface area contributed by atoms with E-state index in [2.05, 4.69) is 51.2 Å². The maximum atomic E-state index is 11.8. The standard InChI is InChI=1S/C23H30NO3/c1-6-27-23(14-25,15-26)20-12-7-8-13-21(20)24-22-18(16(2)3)10-9-11-19(22)17(4)5/h7-13,16-17,24-25H,6,14H2,1-5H3/q+1. The molecule has 0 saturated carbocycles. The summed E-state index contributed by atoms with van der Waals surface area (Å²) in [5.74, 6) is 0.677. The van der Waals surface area contributed by atoms with Crippen molar-refractivity contribution in [1.29, 1.82) is 0 Å². The van der Waals surface area contributed by atoms with E-state index in [0.717, 1.165) is 11.4 Å². The van der Waals surface area contributed by atoms with Gasteiger partial charge in [-0.25, -0.2) is 0 Å². The predicted octanol–water partition coefficient (Wildman–Crippen LogP) is 5.01. The van der Waals surface area contributed by atoms with Crippen molar-refractivity contribution >= 4 is 17.7 Å². The number of benzene rings is 2. The largest absolute Gasteiger partial charge is 0.552 e. The van der Waals surface area contributed by atoms with Crippen molar-refractivity contribution in [3.8, 4) is 0 Å². The third-order valence-electron chi connectivity index (χ3n) is 4.77. The lowest BCUT2D eigenvalue weighted by Gasteiger charge is -2.24. The smallest absolute Gasteiger partial charge is 0.387 e. The van der Waals surface area contributed by atoms with Crippen LogP contribution in [0.3, 0.4) is 0 Å². The van der Waals surface area contributed by atoms with Gasteiger partial charge >= 0.3 is 11.9 Å². The molecule has 2 N–H and O–H groups in total. The van der Waals surface area contributed by atoms with Crippen LogP contribution in [0.25, 0.3) is 0 Å². The number of anilines is 2. The van der Waals surface area contributed by atoms with Gasteiger partial charge in [-0.15, -0.1) is 0 Å². The number of aliphatic hydroxyl groups excluding tert-OH is 1. The fourth-order valence-electron chi connectivity index (χ4n) is 3.35. The van der Waals surface area contributed by atoms with Crippen molar-refractivity contribution < 1.29 is 14.6 Å². The second kappa shape index (κ2) is 9.09. The zero-order valence-corrected chi connectivity index (χ0v) is 16.9. The summed E-state index contributed by atoms with van der Waals surface area (Å²) in [4.78, 5) is 11.8. The Morgan fingerprint density at radius 2 is 1.63 bits per heavy atom. The van der Waals surface area contributed by atoms with Gasteiger partial charge in [-0.1, -0.05) is 58.0 Å². The summed E-state index contributed by atoms with van der Waals surface area (Å²) in [6, 6.07) is 13.8. The molecule has 144 valence electrons. The number of carbonyl (C=O) groups excluding carboxylic acids is 1. The Morgan fingerprint density at radius 3 is 2.11 bits per heavy atom. The molecule has 1 unspecified atom stereocenters. The first kappa shape index (κ1) is 21.0. The molecule has 0 radical (unpaired) electrons. The number of aliphatic hydroxyl groups is 1. The van der Waals surface area contributed by atoms with Gasteiger partial charge in [0.25, 0.3) is 0 Å². The Labute approximate surface area is 162 Å². The number of hydrogen-bond donors (Lipinski definition) is 2. The van der Waals surface area contributed by atoms with Gasteiger partial charge in [0.1, 0.15) is 6.61 Å². The van der Waals surface area contributed by atoms with E-state index in [-0.39, 0.29) is 0 Å². The highest BCUT2D eigenvalue weighted by Crippen LogP contribution is 2.38. The highest BCUT2D eigenvalue weighted by molar-refractivity contribution is 5.77. The van der Waals surface area contributed by atoms with Crippen molar-refractivity contribution in [3.63, 3.8) is 0 Å². The molecule has 0 bridgehead atoms. The Hall–Kier alpha value is -2.26. The fourth-order valence-corrected chi connectivity index (χ4v) is 3.35. The molecule has 0 aromatic heterocycles. The molecule has 0 amide bonds. The zero-order valence-electron chi connectivity index (χ0n) is 16.9. The number of hydrogen-bond acceptors (Lipinski definition) is 4. The highest BCUT2D eigenvalue weighted by Gasteiger charge is 2.49. The molecule has 0 aliphatic rings. The topological polar surface area (TPSA) is 58.6 Å². The van der Waals surface area contributed by atoms with Crippen LogP contribution in [0, 0.1) is 0 Å². The fraction of sp³-hybridized carbons (Fsp3) is 0.435. The van der Waals surface area contributed by atoms with E-state index in [4.69, 9.17) is 4.74 Å². The first-order valence-corrected chi connectivity index (χ1v) is 9.53. The summed E-state index contributed by atoms with van der Waals surface area (Å²) in [6.45, 7) is 10.3. The van der Waals surface area contributed by atoms with Crippen molar-refractivity contribution in [2.75, 3.05) is 18.5 Å². The van der Waals surface area contributed by atoms with Crippen LogP contribution >= 0.6 is 0 Å². The first-order chi connectivity index (χ1) is 12.9. The van der Waals surface area contributed by atoms with Crippen LogP contribution in [0.5, 0.6) is 0 Å². The van der Waals surface area contributed by atoms with E-state index >= 15 is 0 Å². The number of para-hydroxylation sites is 2. The molecule has 0 fully saturated rings. The molecule has 4 nitrogen and oxygen atoms in total. The minimum Gasteiger partial charge on any atom is -0.387 e. The second-order valence-corrected chi connectivity index (χ2v) is 7.31. The molecule has 2 aromatic carbocycles. The maximum absolute atomic E-state index is 11.8. The van der Waals surface area contributed by atoms with Crippen LogP contribution in [-0.2, 0) is 15.1 Å². The number of rotatable bonds is 9. The lowest BCUT2D eigenvalue weighted by Crippen LogP contribution is -2.36. The van der Waals surface area contributed by atoms with Crippen LogP contribution in [0.1, 0.15) is 63.1 Å². The molecular weight excluding hydrogens is 338 g/mol. The molecule has 0 aliphatic carbocycles. The molecule has 0 spiro atoms. The molecule has 27 heavy (non-hydrogen) atoms. The van der Waals surface area contributed by atoms with Gasteiger partial charge < -0.3 is 15.2 Å². The Morgan fingerprint density at radius 1 is 1.04 bits per heavy atom. The summed E-state index contributed by atoms with van der Waals surface area (Å²) in [5.41, 5.74) is 3.28. The van der Waals surface area contributed by atoms with Crippen LogP contribution in [-0.4, -0.2) is 24.6 Å². The van der Waals surface area contributed by atoms with Gasteiger partial charge in [0.2, 0.25) is 0 Å². The minimum atomic E-state index is -1.50. The van der Waals surface area contributed by atoms with E-state index in [1.165, 1.54) is 11.1 Å². The van der Waals surface area contributed by atoms with Gasteiger partial charge in [0.15, 0.2) is 0 Å². The average molecular weight is 368 g/mol. The lowest BCUT2D eigenvalue weighted by atomic mass is 9.91. The number of nitrogens with one attached hydrogen (secondary N) is 1. The van der Waals surface area contributed by atoms with Crippen LogP contribution in [0.4, 0.5) is 11.4 Å². The van der Waals surface area contributed by atoms with Gasteiger partial charge in [-0.2, -0.15) is 0 Å². The third-order valence-corrected chi connectivity index (χ3v) is 4.77. The molecular formula is C23H30NO3+. The van der Waals surface area contributed by atoms with Crippen molar-refractivity contribution in [1.82, 2.24) is 0 Å². The van der Waals surface area contributed by atoms with Crippen LogP contribution < -0.4 is 5.32 Å². The first-order valence-electron chi connectivity index (χ1n) is 9.53. The van der Waals surface area contributed by atoms with Gasteiger partial charge in [0.05, 0.1) is 17.9 Å². The zero-order chi connectivity index (χ0) is 20.0. The molecule has 0 heterocycles. The summed E-state index contributed by atoms with van der Waals surface area (Å²) >= 11 is 0. The lowest BCUT2D eigenvalue weighted by molar-refractivity contribution is -0.0291. The normalized spacial score (nSPS) is 13.5. The summed E-state index contributed by atoms with van der Waals surface area (Å²) in [7, 11) is 0. The van der Waals surface area contributed by atoms with Gasteiger partial charge in [0, 0.05) is 10.5 Å². The predicted molar refractivity (Wildman–Crippen MR) is 110 cm³/mol. The summed E-state index contributed by atoms with van der Waals surface area (Å²) in [6.07, 6.45) is 1.92. The average Bonchev–Trinajstić information content (AvgIpc) is 2.66. The Bertz CT molecular complexity index is 744. The summed E-state index contributed by atoms with van der Waals surface area (Å²) < 4.78 is 5.63. The molecule has 1 atom stereocenters. The van der Waals surface area contributed by atoms with Gasteiger partial charge in [-0.3, -0.25) is 0 Å². The molecule has 0 aliphatic heterocycles. The van der Waals surface area contributed by atoms with E-state index in [9.17, 15) is 9.90 Å². The summed E-state index contributed by atoms with van der Waals surface area (Å²) in [5, 5.41) is 13.5. The van der Waals surface area contributed by atoms with Crippen molar-refractivity contribution in [2.45, 2.75) is 52.1 Å². The van der Waals surface area contributed by atoms with E-state index in [1.807, 2.05) is 24.5 Å². The highest BCUT2D eigenvalue weighted by atomic mass is 16.5. The Balaban J connectivity index is 2.62. The molecule has 4 heteroatoms. The Kier molecular flexibility index (Phi) is 7.09. The van der Waals surface area contributed by atoms with Crippen LogP contribution in [0.2, 0.25) is 0 Å². The van der Waals surface area contributed by atoms with E-state index in [1.54, 1.807) is 13.0 Å². The SMILES string of the molecule is CCOC([C+]=O)(CO)c1ccccc1Nc1c(C(C)C)cccc1C(C)C. The second-order valence-electron chi connectivity index (χ2n) is 7.31. The monoisotopic (exact) mass is 368 g/mol. The van der Waals surface area contributed by atoms with Crippen molar-refractivity contribution in [2.24, 2.45) is 0 Å². The van der Waals surface area contributed by atoms with E-state index in [0.29, 0.717) is 24.0 Å². The van der Waals surface area contributed by atoms with Crippen LogP contribution in [0.15, 0.2) is 42.5 Å². The molecule has 0 saturated heterocycles. The van der Waals surface area contributed by atoms with Crippen molar-refractivity contribution in [3.05, 3.63) is 59.2 Å². The number of ether oxygens (including phenoxy) is 1. The minimum absolute atomic E-state index is 0.296. The van der Waals surface area contributed by atoms with Gasteiger partial charge in [-0.05, 0) is 42.0 Å².